The first-order valence-electron chi connectivity index (χ1n) is 7.38. The van der Waals surface area contributed by atoms with Gasteiger partial charge in [-0.3, -0.25) is 0 Å². The van der Waals surface area contributed by atoms with Gasteiger partial charge in [-0.25, -0.2) is 4.98 Å². The Kier molecular flexibility index (Phi) is 5.77. The Morgan fingerprint density at radius 3 is 3.00 bits per heavy atom. The normalized spacial score (nSPS) is 17.8. The van der Waals surface area contributed by atoms with E-state index in [1.165, 1.54) is 0 Å². The lowest BCUT2D eigenvalue weighted by Gasteiger charge is -2.22. The number of aliphatic hydroxyl groups excluding tert-OH is 1. The van der Waals surface area contributed by atoms with E-state index < -0.39 is 6.10 Å². The average molecular weight is 371 g/mol. The highest BCUT2D eigenvalue weighted by molar-refractivity contribution is 9.10. The molecule has 2 heterocycles. The van der Waals surface area contributed by atoms with Gasteiger partial charge in [0, 0.05) is 30.6 Å². The third-order valence-corrected chi connectivity index (χ3v) is 3.58. The maximum absolute atomic E-state index is 9.89. The van der Waals surface area contributed by atoms with E-state index in [-0.39, 0.29) is 12.1 Å². The van der Waals surface area contributed by atoms with Gasteiger partial charge in [0.2, 0.25) is 0 Å². The van der Waals surface area contributed by atoms with Crippen LogP contribution in [0, 0.1) is 0 Å². The first-order chi connectivity index (χ1) is 10.3. The van der Waals surface area contributed by atoms with Crippen LogP contribution in [0.3, 0.4) is 0 Å². The third kappa shape index (κ3) is 5.23. The largest absolute Gasteiger partial charge is 0.393 e. The van der Waals surface area contributed by atoms with Gasteiger partial charge in [-0.2, -0.15) is 0 Å². The predicted octanol–water partition coefficient (Wildman–Crippen LogP) is 2.13. The van der Waals surface area contributed by atoms with E-state index in [1.54, 1.807) is 0 Å². The van der Waals surface area contributed by atoms with E-state index in [0.717, 1.165) is 34.7 Å². The molecule has 0 saturated heterocycles. The quantitative estimate of drug-likeness (QED) is 0.546. The number of rotatable bonds is 5. The maximum Gasteiger partial charge on any atom is 0.144 e. The molecule has 0 radical (unpaired) electrons. The molecule has 0 aromatic carbocycles. The molecule has 1 aromatic heterocycles. The highest BCUT2D eigenvalue weighted by Crippen LogP contribution is 2.22. The molecular formula is C15H23BrN4O2. The molecule has 3 N–H and O–H groups in total. The first-order valence-corrected chi connectivity index (χ1v) is 8.17. The topological polar surface area (TPSA) is 78.8 Å². The van der Waals surface area contributed by atoms with E-state index in [0.29, 0.717) is 6.54 Å². The summed E-state index contributed by atoms with van der Waals surface area (Å²) in [6, 6.07) is 3.84. The van der Waals surface area contributed by atoms with Crippen LogP contribution in [0.15, 0.2) is 21.9 Å². The van der Waals surface area contributed by atoms with Crippen molar-refractivity contribution in [1.29, 1.82) is 0 Å². The Labute approximate surface area is 139 Å². The molecule has 1 aliphatic rings. The molecule has 6 nitrogen and oxygen atoms in total. The molecule has 1 atom stereocenters. The molecule has 0 spiro atoms. The van der Waals surface area contributed by atoms with Gasteiger partial charge in [-0.05, 0) is 48.8 Å². The Hall–Kier alpha value is -1.18. The zero-order valence-electron chi connectivity index (χ0n) is 13.2. The van der Waals surface area contributed by atoms with Crippen LogP contribution in [0.2, 0.25) is 0 Å². The Morgan fingerprint density at radius 1 is 1.50 bits per heavy atom. The minimum atomic E-state index is -0.590. The molecule has 0 saturated carbocycles. The number of aromatic nitrogens is 1. The second-order valence-corrected chi connectivity index (χ2v) is 7.14. The zero-order chi connectivity index (χ0) is 16.2. The molecule has 122 valence electrons. The van der Waals surface area contributed by atoms with Crippen molar-refractivity contribution in [1.82, 2.24) is 10.3 Å². The van der Waals surface area contributed by atoms with Gasteiger partial charge in [-0.1, -0.05) is 5.16 Å². The van der Waals surface area contributed by atoms with Crippen LogP contribution in [0.1, 0.15) is 32.8 Å². The zero-order valence-corrected chi connectivity index (χ0v) is 14.8. The lowest BCUT2D eigenvalue weighted by atomic mass is 10.1. The Bertz CT molecular complexity index is 543. The molecule has 2 rings (SSSR count). The van der Waals surface area contributed by atoms with E-state index >= 15 is 0 Å². The number of halogens is 1. The Balaban J connectivity index is 1.89. The van der Waals surface area contributed by atoms with E-state index in [2.05, 4.69) is 57.5 Å². The molecule has 1 aliphatic heterocycles. The van der Waals surface area contributed by atoms with Gasteiger partial charge in [-0.15, -0.1) is 0 Å². The number of nitrogens with zero attached hydrogens (tertiary/aromatic N) is 2. The van der Waals surface area contributed by atoms with Crippen molar-refractivity contribution in [3.05, 3.63) is 22.3 Å². The molecule has 0 aliphatic carbocycles. The smallest absolute Gasteiger partial charge is 0.144 e. The predicted molar refractivity (Wildman–Crippen MR) is 91.3 cm³/mol. The maximum atomic E-state index is 9.89. The van der Waals surface area contributed by atoms with Crippen molar-refractivity contribution >= 4 is 27.5 Å². The van der Waals surface area contributed by atoms with Crippen molar-refractivity contribution in [2.45, 2.75) is 38.8 Å². The summed E-state index contributed by atoms with van der Waals surface area (Å²) in [6.07, 6.45) is 0.180. The van der Waals surface area contributed by atoms with Gasteiger partial charge < -0.3 is 20.6 Å². The molecule has 0 fully saturated rings. The summed E-state index contributed by atoms with van der Waals surface area (Å²) in [6.45, 7) is 7.57. The van der Waals surface area contributed by atoms with Crippen LogP contribution in [-0.4, -0.2) is 47.1 Å². The van der Waals surface area contributed by atoms with Crippen LogP contribution < -0.4 is 10.6 Å². The minimum Gasteiger partial charge on any atom is -0.393 e. The number of hydrogen-bond donors (Lipinski definition) is 3. The van der Waals surface area contributed by atoms with Crippen LogP contribution in [-0.2, 0) is 4.84 Å². The number of hydrogen-bond acceptors (Lipinski definition) is 6. The molecular weight excluding hydrogens is 348 g/mol. The fourth-order valence-electron chi connectivity index (χ4n) is 2.02. The van der Waals surface area contributed by atoms with E-state index in [4.69, 9.17) is 4.84 Å². The number of aliphatic hydroxyl groups is 1. The van der Waals surface area contributed by atoms with Crippen molar-refractivity contribution in [3.63, 3.8) is 0 Å². The SMILES string of the molecule is CC(C)(C)NC[C@@H](O)CO/N=C1\CCNc2nc(Br)ccc21. The molecule has 7 heteroatoms. The number of oxime groups is 1. The standard InChI is InChI=1S/C15H23BrN4O2/c1-15(2,3)18-8-10(21)9-22-20-12-6-7-17-14-11(12)4-5-13(16)19-14/h4-5,10,18,21H,6-9H2,1-3H3,(H,17,19)/b20-12+/t10-/m1/s1. The highest BCUT2D eigenvalue weighted by atomic mass is 79.9. The van der Waals surface area contributed by atoms with Gasteiger partial charge in [0.25, 0.3) is 0 Å². The number of nitrogens with one attached hydrogen (secondary N) is 2. The van der Waals surface area contributed by atoms with Gasteiger partial charge in [0.15, 0.2) is 0 Å². The van der Waals surface area contributed by atoms with Crippen molar-refractivity contribution in [3.8, 4) is 0 Å². The number of pyridine rings is 1. The van der Waals surface area contributed by atoms with Crippen LogP contribution in [0.4, 0.5) is 5.82 Å². The van der Waals surface area contributed by atoms with E-state index in [9.17, 15) is 5.11 Å². The molecule has 22 heavy (non-hydrogen) atoms. The summed E-state index contributed by atoms with van der Waals surface area (Å²) >= 11 is 3.35. The second kappa shape index (κ2) is 7.39. The summed E-state index contributed by atoms with van der Waals surface area (Å²) in [5, 5.41) is 20.5. The number of anilines is 1. The van der Waals surface area contributed by atoms with Crippen LogP contribution in [0.25, 0.3) is 0 Å². The fraction of sp³-hybridized carbons (Fsp3) is 0.600. The highest BCUT2D eigenvalue weighted by Gasteiger charge is 2.18. The summed E-state index contributed by atoms with van der Waals surface area (Å²) in [5.74, 6) is 0.804. The number of fused-ring (bicyclic) bond motifs is 1. The summed E-state index contributed by atoms with van der Waals surface area (Å²) in [5.41, 5.74) is 1.77. The summed E-state index contributed by atoms with van der Waals surface area (Å²) in [7, 11) is 0. The lowest BCUT2D eigenvalue weighted by molar-refractivity contribution is 0.0371. The van der Waals surface area contributed by atoms with Gasteiger partial charge in [0.1, 0.15) is 23.1 Å². The molecule has 1 aromatic rings. The molecule has 0 amide bonds. The summed E-state index contributed by atoms with van der Waals surface area (Å²) in [4.78, 5) is 9.69. The second-order valence-electron chi connectivity index (χ2n) is 6.33. The van der Waals surface area contributed by atoms with Crippen molar-refractivity contribution in [2.75, 3.05) is 25.0 Å². The van der Waals surface area contributed by atoms with Crippen molar-refractivity contribution in [2.24, 2.45) is 5.16 Å². The summed E-state index contributed by atoms with van der Waals surface area (Å²) < 4.78 is 0.782. The lowest BCUT2D eigenvalue weighted by Crippen LogP contribution is -2.42. The number of β-amino-alcohol motifs (C(OH)–C–C–N with tert-alkyl or cyclic N) is 1. The van der Waals surface area contributed by atoms with Crippen LogP contribution in [0.5, 0.6) is 0 Å². The van der Waals surface area contributed by atoms with E-state index in [1.807, 2.05) is 12.1 Å². The van der Waals surface area contributed by atoms with Crippen LogP contribution >= 0.6 is 15.9 Å². The molecule has 0 bridgehead atoms. The van der Waals surface area contributed by atoms with Crippen molar-refractivity contribution < 1.29 is 9.94 Å². The molecule has 0 unspecified atom stereocenters. The monoisotopic (exact) mass is 370 g/mol. The average Bonchev–Trinajstić information content (AvgIpc) is 2.44. The first kappa shape index (κ1) is 17.2. The minimum absolute atomic E-state index is 0.0279. The van der Waals surface area contributed by atoms with Gasteiger partial charge in [0.05, 0.1) is 5.71 Å². The Morgan fingerprint density at radius 2 is 2.27 bits per heavy atom. The third-order valence-electron chi connectivity index (χ3n) is 3.14. The fourth-order valence-corrected chi connectivity index (χ4v) is 2.33. The van der Waals surface area contributed by atoms with Gasteiger partial charge >= 0.3 is 0 Å².